The van der Waals surface area contributed by atoms with Crippen molar-refractivity contribution < 1.29 is 0 Å². The zero-order chi connectivity index (χ0) is 12.6. The fraction of sp³-hybridized carbons (Fsp3) is 0.533. The highest BCUT2D eigenvalue weighted by atomic mass is 127. The van der Waals surface area contributed by atoms with Gasteiger partial charge in [-0.1, -0.05) is 30.3 Å². The molecule has 0 unspecified atom stereocenters. The molecule has 3 nitrogen and oxygen atoms in total. The number of halogens is 1. The monoisotopic (exact) mass is 373 g/mol. The maximum atomic E-state index is 4.60. The number of rotatable bonds is 6. The van der Waals surface area contributed by atoms with Crippen molar-refractivity contribution in [2.75, 3.05) is 19.6 Å². The Morgan fingerprint density at radius 1 is 1.21 bits per heavy atom. The van der Waals surface area contributed by atoms with Crippen molar-refractivity contribution in [3.05, 3.63) is 35.9 Å². The SMILES string of the molecule is CCNC(=NCC1CC1)NCCc1ccccc1.I. The van der Waals surface area contributed by atoms with Crippen LogP contribution in [-0.4, -0.2) is 25.6 Å². The van der Waals surface area contributed by atoms with Crippen molar-refractivity contribution in [2.45, 2.75) is 26.2 Å². The first-order valence-electron chi connectivity index (χ1n) is 6.94. The first-order valence-corrected chi connectivity index (χ1v) is 6.94. The number of hydrogen-bond donors (Lipinski definition) is 2. The average molecular weight is 373 g/mol. The summed E-state index contributed by atoms with van der Waals surface area (Å²) < 4.78 is 0. The fourth-order valence-electron chi connectivity index (χ4n) is 1.83. The summed E-state index contributed by atoms with van der Waals surface area (Å²) in [6.45, 7) is 4.93. The Morgan fingerprint density at radius 2 is 1.95 bits per heavy atom. The summed E-state index contributed by atoms with van der Waals surface area (Å²) in [7, 11) is 0. The Morgan fingerprint density at radius 3 is 2.58 bits per heavy atom. The van der Waals surface area contributed by atoms with E-state index >= 15 is 0 Å². The van der Waals surface area contributed by atoms with Crippen molar-refractivity contribution >= 4 is 29.9 Å². The standard InChI is InChI=1S/C15H23N3.HI/c1-2-16-15(18-12-14-8-9-14)17-11-10-13-6-4-3-5-7-13;/h3-7,14H,2,8-12H2,1H3,(H2,16,17,18);1H. The topological polar surface area (TPSA) is 36.4 Å². The van der Waals surface area contributed by atoms with E-state index in [1.807, 2.05) is 0 Å². The van der Waals surface area contributed by atoms with Gasteiger partial charge in [-0.2, -0.15) is 0 Å². The van der Waals surface area contributed by atoms with Gasteiger partial charge in [0.1, 0.15) is 0 Å². The third kappa shape index (κ3) is 6.80. The lowest BCUT2D eigenvalue weighted by atomic mass is 10.1. The van der Waals surface area contributed by atoms with E-state index in [0.29, 0.717) is 0 Å². The Balaban J connectivity index is 0.00000180. The van der Waals surface area contributed by atoms with Crippen LogP contribution in [0.3, 0.4) is 0 Å². The molecule has 0 aliphatic heterocycles. The van der Waals surface area contributed by atoms with Crippen LogP contribution < -0.4 is 10.6 Å². The quantitative estimate of drug-likeness (QED) is 0.457. The molecule has 0 amide bonds. The van der Waals surface area contributed by atoms with Crippen LogP contribution in [0.4, 0.5) is 0 Å². The highest BCUT2D eigenvalue weighted by Gasteiger charge is 2.20. The van der Waals surface area contributed by atoms with Crippen LogP contribution in [-0.2, 0) is 6.42 Å². The molecule has 19 heavy (non-hydrogen) atoms. The minimum absolute atomic E-state index is 0. The summed E-state index contributed by atoms with van der Waals surface area (Å²) in [5, 5.41) is 6.68. The van der Waals surface area contributed by atoms with Gasteiger partial charge < -0.3 is 10.6 Å². The molecule has 0 aromatic heterocycles. The van der Waals surface area contributed by atoms with E-state index in [9.17, 15) is 0 Å². The maximum Gasteiger partial charge on any atom is 0.191 e. The molecule has 0 atom stereocenters. The van der Waals surface area contributed by atoms with Crippen molar-refractivity contribution in [1.29, 1.82) is 0 Å². The van der Waals surface area contributed by atoms with Crippen LogP contribution in [0, 0.1) is 5.92 Å². The van der Waals surface area contributed by atoms with Gasteiger partial charge in [0, 0.05) is 19.6 Å². The van der Waals surface area contributed by atoms with Gasteiger partial charge in [-0.05, 0) is 37.7 Å². The minimum Gasteiger partial charge on any atom is -0.357 e. The molecule has 0 radical (unpaired) electrons. The average Bonchev–Trinajstić information content (AvgIpc) is 3.21. The van der Waals surface area contributed by atoms with E-state index in [2.05, 4.69) is 52.9 Å². The van der Waals surface area contributed by atoms with Crippen LogP contribution in [0.15, 0.2) is 35.3 Å². The summed E-state index contributed by atoms with van der Waals surface area (Å²) in [4.78, 5) is 4.60. The highest BCUT2D eigenvalue weighted by molar-refractivity contribution is 14.0. The first kappa shape index (κ1) is 16.3. The molecule has 0 heterocycles. The predicted molar refractivity (Wildman–Crippen MR) is 92.3 cm³/mol. The normalized spacial score (nSPS) is 14.7. The molecule has 1 aliphatic rings. The first-order chi connectivity index (χ1) is 8.88. The van der Waals surface area contributed by atoms with Crippen molar-refractivity contribution in [3.8, 4) is 0 Å². The van der Waals surface area contributed by atoms with Gasteiger partial charge in [0.15, 0.2) is 5.96 Å². The summed E-state index contributed by atoms with van der Waals surface area (Å²) in [5.74, 6) is 1.80. The van der Waals surface area contributed by atoms with Gasteiger partial charge in [0.2, 0.25) is 0 Å². The van der Waals surface area contributed by atoms with Gasteiger partial charge in [0.25, 0.3) is 0 Å². The zero-order valence-corrected chi connectivity index (χ0v) is 13.9. The van der Waals surface area contributed by atoms with Crippen LogP contribution in [0.2, 0.25) is 0 Å². The van der Waals surface area contributed by atoms with Gasteiger partial charge in [0.05, 0.1) is 0 Å². The van der Waals surface area contributed by atoms with Gasteiger partial charge in [-0.3, -0.25) is 4.99 Å². The zero-order valence-electron chi connectivity index (χ0n) is 11.6. The molecular formula is C15H24IN3. The summed E-state index contributed by atoms with van der Waals surface area (Å²) in [5.41, 5.74) is 1.36. The molecular weight excluding hydrogens is 349 g/mol. The minimum atomic E-state index is 0. The summed E-state index contributed by atoms with van der Waals surface area (Å²) in [6.07, 6.45) is 3.74. The van der Waals surface area contributed by atoms with Crippen molar-refractivity contribution in [1.82, 2.24) is 10.6 Å². The van der Waals surface area contributed by atoms with E-state index in [0.717, 1.165) is 37.9 Å². The van der Waals surface area contributed by atoms with E-state index < -0.39 is 0 Å². The van der Waals surface area contributed by atoms with Gasteiger partial charge in [-0.25, -0.2) is 0 Å². The van der Waals surface area contributed by atoms with Gasteiger partial charge >= 0.3 is 0 Å². The molecule has 0 spiro atoms. The lowest BCUT2D eigenvalue weighted by Gasteiger charge is -2.11. The molecule has 1 saturated carbocycles. The Hall–Kier alpha value is -0.780. The van der Waals surface area contributed by atoms with E-state index in [4.69, 9.17) is 0 Å². The van der Waals surface area contributed by atoms with Crippen molar-refractivity contribution in [3.63, 3.8) is 0 Å². The third-order valence-corrected chi connectivity index (χ3v) is 3.10. The Kier molecular flexibility index (Phi) is 7.86. The largest absolute Gasteiger partial charge is 0.357 e. The number of nitrogens with zero attached hydrogens (tertiary/aromatic N) is 1. The Labute approximate surface area is 133 Å². The highest BCUT2D eigenvalue weighted by Crippen LogP contribution is 2.28. The van der Waals surface area contributed by atoms with Crippen LogP contribution >= 0.6 is 24.0 Å². The van der Waals surface area contributed by atoms with Crippen LogP contribution in [0.5, 0.6) is 0 Å². The number of guanidine groups is 1. The second kappa shape index (κ2) is 9.18. The number of benzene rings is 1. The van der Waals surface area contributed by atoms with Gasteiger partial charge in [-0.15, -0.1) is 24.0 Å². The van der Waals surface area contributed by atoms with E-state index in [-0.39, 0.29) is 24.0 Å². The van der Waals surface area contributed by atoms with E-state index in [1.165, 1.54) is 18.4 Å². The number of hydrogen-bond acceptors (Lipinski definition) is 1. The molecule has 1 aliphatic carbocycles. The molecule has 2 N–H and O–H groups in total. The van der Waals surface area contributed by atoms with Crippen LogP contribution in [0.1, 0.15) is 25.3 Å². The lowest BCUT2D eigenvalue weighted by Crippen LogP contribution is -2.38. The predicted octanol–water partition coefficient (Wildman–Crippen LogP) is 2.81. The molecule has 4 heteroatoms. The smallest absolute Gasteiger partial charge is 0.191 e. The summed E-state index contributed by atoms with van der Waals surface area (Å²) in [6, 6.07) is 10.5. The molecule has 0 bridgehead atoms. The number of aliphatic imine (C=N–C) groups is 1. The lowest BCUT2D eigenvalue weighted by molar-refractivity contribution is 0.777. The fourth-order valence-corrected chi connectivity index (χ4v) is 1.83. The molecule has 1 aromatic carbocycles. The molecule has 0 saturated heterocycles. The summed E-state index contributed by atoms with van der Waals surface area (Å²) >= 11 is 0. The van der Waals surface area contributed by atoms with Crippen molar-refractivity contribution in [2.24, 2.45) is 10.9 Å². The molecule has 1 fully saturated rings. The molecule has 106 valence electrons. The number of nitrogens with one attached hydrogen (secondary N) is 2. The Bertz CT molecular complexity index is 374. The second-order valence-corrected chi connectivity index (χ2v) is 4.83. The van der Waals surface area contributed by atoms with E-state index in [1.54, 1.807) is 0 Å². The second-order valence-electron chi connectivity index (χ2n) is 4.83. The molecule has 1 aromatic rings. The third-order valence-electron chi connectivity index (χ3n) is 3.10. The maximum absolute atomic E-state index is 4.60. The van der Waals surface area contributed by atoms with Crippen LogP contribution in [0.25, 0.3) is 0 Å². The molecule has 2 rings (SSSR count).